The smallest absolute Gasteiger partial charge is 0.383 e. The predicted molar refractivity (Wildman–Crippen MR) is 72.6 cm³/mol. The molecule has 2 rings (SSSR count). The van der Waals surface area contributed by atoms with Crippen molar-refractivity contribution >= 4 is 23.3 Å². The van der Waals surface area contributed by atoms with Crippen LogP contribution in [0.4, 0.5) is 19.0 Å². The SMILES string of the molecule is NC(=O)c1cc(-c2ccc(Cl)c(C(F)(F)F)c2)cnc1N. The average molecular weight is 316 g/mol. The number of primary amides is 1. The molecule has 110 valence electrons. The lowest BCUT2D eigenvalue weighted by molar-refractivity contribution is -0.137. The van der Waals surface area contributed by atoms with Gasteiger partial charge >= 0.3 is 6.18 Å². The van der Waals surface area contributed by atoms with Gasteiger partial charge in [-0.05, 0) is 23.8 Å². The van der Waals surface area contributed by atoms with Gasteiger partial charge in [0.05, 0.1) is 16.1 Å². The van der Waals surface area contributed by atoms with Gasteiger partial charge in [-0.2, -0.15) is 13.2 Å². The van der Waals surface area contributed by atoms with Crippen molar-refractivity contribution in [3.8, 4) is 11.1 Å². The Kier molecular flexibility index (Phi) is 3.78. The molecule has 1 amide bonds. The van der Waals surface area contributed by atoms with Gasteiger partial charge in [-0.1, -0.05) is 17.7 Å². The maximum atomic E-state index is 12.8. The van der Waals surface area contributed by atoms with E-state index in [2.05, 4.69) is 4.98 Å². The molecule has 1 aromatic carbocycles. The van der Waals surface area contributed by atoms with Crippen molar-refractivity contribution in [2.75, 3.05) is 5.73 Å². The first kappa shape index (κ1) is 15.1. The minimum Gasteiger partial charge on any atom is -0.383 e. The van der Waals surface area contributed by atoms with Crippen LogP contribution in [0.5, 0.6) is 0 Å². The molecule has 0 radical (unpaired) electrons. The average Bonchev–Trinajstić information content (AvgIpc) is 2.38. The number of alkyl halides is 3. The lowest BCUT2D eigenvalue weighted by Gasteiger charge is -2.11. The van der Waals surface area contributed by atoms with Gasteiger partial charge in [-0.15, -0.1) is 0 Å². The first-order valence-corrected chi connectivity index (χ1v) is 6.00. The predicted octanol–water partition coefficient (Wildman–Crippen LogP) is 3.10. The Hall–Kier alpha value is -2.28. The zero-order chi connectivity index (χ0) is 15.8. The lowest BCUT2D eigenvalue weighted by atomic mass is 10.0. The molecule has 0 unspecified atom stereocenters. The number of benzene rings is 1. The van der Waals surface area contributed by atoms with Gasteiger partial charge in [-0.25, -0.2) is 4.98 Å². The molecular weight excluding hydrogens is 307 g/mol. The van der Waals surface area contributed by atoms with Crippen LogP contribution < -0.4 is 11.5 Å². The highest BCUT2D eigenvalue weighted by Gasteiger charge is 2.33. The molecule has 0 spiro atoms. The third-order valence-corrected chi connectivity index (χ3v) is 3.12. The number of nitrogens with two attached hydrogens (primary N) is 2. The number of hydrogen-bond donors (Lipinski definition) is 2. The summed E-state index contributed by atoms with van der Waals surface area (Å²) < 4.78 is 38.5. The van der Waals surface area contributed by atoms with Crippen LogP contribution in [-0.2, 0) is 6.18 Å². The number of anilines is 1. The van der Waals surface area contributed by atoms with Crippen LogP contribution in [-0.4, -0.2) is 10.9 Å². The Morgan fingerprint density at radius 2 is 1.86 bits per heavy atom. The van der Waals surface area contributed by atoms with E-state index in [4.69, 9.17) is 23.1 Å². The van der Waals surface area contributed by atoms with Gasteiger partial charge in [0.2, 0.25) is 0 Å². The monoisotopic (exact) mass is 315 g/mol. The normalized spacial score (nSPS) is 11.4. The van der Waals surface area contributed by atoms with E-state index in [0.29, 0.717) is 0 Å². The summed E-state index contributed by atoms with van der Waals surface area (Å²) in [4.78, 5) is 14.9. The summed E-state index contributed by atoms with van der Waals surface area (Å²) in [5.41, 5.74) is 10.0. The number of nitrogens with zero attached hydrogens (tertiary/aromatic N) is 1. The first-order chi connectivity index (χ1) is 9.70. The summed E-state index contributed by atoms with van der Waals surface area (Å²) in [5.74, 6) is -0.900. The van der Waals surface area contributed by atoms with Crippen LogP contribution in [0, 0.1) is 0 Å². The summed E-state index contributed by atoms with van der Waals surface area (Å²) in [6.07, 6.45) is -3.33. The van der Waals surface area contributed by atoms with Crippen molar-refractivity contribution in [2.45, 2.75) is 6.18 Å². The van der Waals surface area contributed by atoms with Crippen molar-refractivity contribution < 1.29 is 18.0 Å². The standard InChI is InChI=1S/C13H9ClF3N3O/c14-10-2-1-6(4-9(10)13(15,16)17)7-3-8(12(19)21)11(18)20-5-7/h1-5H,(H2,18,20)(H2,19,21). The molecule has 21 heavy (non-hydrogen) atoms. The number of aromatic nitrogens is 1. The van der Waals surface area contributed by atoms with Gasteiger partial charge in [0.25, 0.3) is 5.91 Å². The molecule has 8 heteroatoms. The Morgan fingerprint density at radius 3 is 2.43 bits per heavy atom. The van der Waals surface area contributed by atoms with Crippen LogP contribution >= 0.6 is 11.6 Å². The molecule has 0 bridgehead atoms. The van der Waals surface area contributed by atoms with Crippen molar-refractivity contribution in [3.63, 3.8) is 0 Å². The highest BCUT2D eigenvalue weighted by atomic mass is 35.5. The van der Waals surface area contributed by atoms with E-state index in [9.17, 15) is 18.0 Å². The van der Waals surface area contributed by atoms with E-state index >= 15 is 0 Å². The minimum atomic E-state index is -4.58. The number of nitrogen functional groups attached to an aromatic ring is 1. The van der Waals surface area contributed by atoms with E-state index in [0.717, 1.165) is 12.1 Å². The molecule has 0 aliphatic carbocycles. The maximum Gasteiger partial charge on any atom is 0.417 e. The van der Waals surface area contributed by atoms with Crippen molar-refractivity contribution in [3.05, 3.63) is 46.6 Å². The molecule has 4 N–H and O–H groups in total. The molecule has 0 saturated heterocycles. The van der Waals surface area contributed by atoms with Crippen LogP contribution in [0.1, 0.15) is 15.9 Å². The summed E-state index contributed by atoms with van der Waals surface area (Å²) in [7, 11) is 0. The molecule has 0 atom stereocenters. The topological polar surface area (TPSA) is 82.0 Å². The largest absolute Gasteiger partial charge is 0.417 e. The molecule has 4 nitrogen and oxygen atoms in total. The van der Waals surface area contributed by atoms with E-state index in [1.54, 1.807) is 0 Å². The van der Waals surface area contributed by atoms with Crippen molar-refractivity contribution in [1.82, 2.24) is 4.98 Å². The lowest BCUT2D eigenvalue weighted by Crippen LogP contribution is -2.14. The molecule has 0 saturated carbocycles. The van der Waals surface area contributed by atoms with E-state index in [1.807, 2.05) is 0 Å². The Morgan fingerprint density at radius 1 is 1.19 bits per heavy atom. The number of hydrogen-bond acceptors (Lipinski definition) is 3. The van der Waals surface area contributed by atoms with Crippen LogP contribution in [0.25, 0.3) is 11.1 Å². The van der Waals surface area contributed by atoms with Crippen LogP contribution in [0.15, 0.2) is 30.5 Å². The third-order valence-electron chi connectivity index (χ3n) is 2.79. The summed E-state index contributed by atoms with van der Waals surface area (Å²) in [5, 5.41) is -0.412. The molecular formula is C13H9ClF3N3O. The number of halogens is 4. The molecule has 0 fully saturated rings. The zero-order valence-corrected chi connectivity index (χ0v) is 11.2. The number of pyridine rings is 1. The van der Waals surface area contributed by atoms with E-state index in [-0.39, 0.29) is 22.5 Å². The summed E-state index contributed by atoms with van der Waals surface area (Å²) in [6.45, 7) is 0. The molecule has 0 aliphatic rings. The van der Waals surface area contributed by atoms with Gasteiger partial charge in [0.1, 0.15) is 5.82 Å². The minimum absolute atomic E-state index is 0.0593. The second-order valence-corrected chi connectivity index (χ2v) is 4.62. The molecule has 2 aromatic rings. The first-order valence-electron chi connectivity index (χ1n) is 5.62. The number of amides is 1. The zero-order valence-electron chi connectivity index (χ0n) is 10.4. The summed E-state index contributed by atoms with van der Waals surface area (Å²) in [6, 6.07) is 4.67. The molecule has 0 aliphatic heterocycles. The second-order valence-electron chi connectivity index (χ2n) is 4.21. The highest BCUT2D eigenvalue weighted by molar-refractivity contribution is 6.31. The van der Waals surface area contributed by atoms with Crippen LogP contribution in [0.2, 0.25) is 5.02 Å². The fourth-order valence-electron chi connectivity index (χ4n) is 1.75. The van der Waals surface area contributed by atoms with E-state index in [1.165, 1.54) is 18.3 Å². The Labute approximate surface area is 122 Å². The quantitative estimate of drug-likeness (QED) is 0.893. The molecule has 1 heterocycles. The van der Waals surface area contributed by atoms with Gasteiger partial charge < -0.3 is 11.5 Å². The van der Waals surface area contributed by atoms with Gasteiger partial charge in [0, 0.05) is 11.8 Å². The fraction of sp³-hybridized carbons (Fsp3) is 0.0769. The highest BCUT2D eigenvalue weighted by Crippen LogP contribution is 2.37. The Balaban J connectivity index is 2.58. The van der Waals surface area contributed by atoms with Gasteiger partial charge in [-0.3, -0.25) is 4.79 Å². The van der Waals surface area contributed by atoms with Gasteiger partial charge in [0.15, 0.2) is 0 Å². The third kappa shape index (κ3) is 3.08. The number of carbonyl (C=O) groups is 1. The van der Waals surface area contributed by atoms with Crippen LogP contribution in [0.3, 0.4) is 0 Å². The fourth-order valence-corrected chi connectivity index (χ4v) is 1.98. The number of carbonyl (C=O) groups excluding carboxylic acids is 1. The van der Waals surface area contributed by atoms with Crippen molar-refractivity contribution in [2.24, 2.45) is 5.73 Å². The Bertz CT molecular complexity index is 716. The second kappa shape index (κ2) is 5.25. The molecule has 1 aromatic heterocycles. The summed E-state index contributed by atoms with van der Waals surface area (Å²) >= 11 is 5.55. The maximum absolute atomic E-state index is 12.8. The van der Waals surface area contributed by atoms with Crippen molar-refractivity contribution in [1.29, 1.82) is 0 Å². The number of rotatable bonds is 2. The van der Waals surface area contributed by atoms with E-state index < -0.39 is 22.7 Å².